The van der Waals surface area contributed by atoms with Crippen molar-refractivity contribution in [3.8, 4) is 0 Å². The van der Waals surface area contributed by atoms with Crippen LogP contribution in [0.2, 0.25) is 0 Å². The summed E-state index contributed by atoms with van der Waals surface area (Å²) in [5.74, 6) is 1.30. The molecule has 0 unspecified atom stereocenters. The normalized spacial score (nSPS) is 15.7. The van der Waals surface area contributed by atoms with Crippen molar-refractivity contribution in [2.75, 3.05) is 36.0 Å². The third kappa shape index (κ3) is 2.70. The average molecular weight is 388 g/mol. The highest BCUT2D eigenvalue weighted by molar-refractivity contribution is 5.87. The molecule has 1 fully saturated rings. The Bertz CT molecular complexity index is 1140. The molecule has 1 saturated heterocycles. The number of nitrogens with one attached hydrogen (secondary N) is 1. The van der Waals surface area contributed by atoms with E-state index in [0.717, 1.165) is 23.0 Å². The molecule has 28 heavy (non-hydrogen) atoms. The molecule has 144 valence electrons. The van der Waals surface area contributed by atoms with Crippen molar-refractivity contribution >= 4 is 28.3 Å². The van der Waals surface area contributed by atoms with Crippen LogP contribution in [0.25, 0.3) is 16.7 Å². The quantitative estimate of drug-likeness (QED) is 0.568. The van der Waals surface area contributed by atoms with Gasteiger partial charge < -0.3 is 19.2 Å². The number of H-pyrrole nitrogens is 1. The van der Waals surface area contributed by atoms with Gasteiger partial charge in [-0.3, -0.25) is 0 Å². The van der Waals surface area contributed by atoms with E-state index in [2.05, 4.69) is 29.8 Å². The van der Waals surface area contributed by atoms with Gasteiger partial charge in [-0.1, -0.05) is 0 Å². The summed E-state index contributed by atoms with van der Waals surface area (Å²) in [6.07, 6.45) is 2.80. The Morgan fingerprint density at radius 2 is 1.71 bits per heavy atom. The van der Waals surface area contributed by atoms with E-state index in [1.54, 1.807) is 0 Å². The molecular weight excluding hydrogens is 373 g/mol. The van der Waals surface area contributed by atoms with Crippen molar-refractivity contribution in [2.24, 2.45) is 0 Å². The minimum atomic E-state index is -4.49. The Morgan fingerprint density at radius 1 is 0.964 bits per heavy atom. The van der Waals surface area contributed by atoms with Crippen LogP contribution in [0.3, 0.4) is 0 Å². The second-order valence-electron chi connectivity index (χ2n) is 6.52. The largest absolute Gasteiger partial charge is 0.434 e. The molecule has 8 nitrogen and oxygen atoms in total. The number of imidazole rings is 1. The number of rotatable bonds is 2. The molecule has 0 aliphatic carbocycles. The Labute approximate surface area is 156 Å². The lowest BCUT2D eigenvalue weighted by molar-refractivity contribution is -0.140. The van der Waals surface area contributed by atoms with Gasteiger partial charge in [0.25, 0.3) is 0 Å². The monoisotopic (exact) mass is 388 g/mol. The third-order valence-electron chi connectivity index (χ3n) is 4.86. The number of fused-ring (bicyclic) bond motifs is 2. The first-order chi connectivity index (χ1) is 13.5. The van der Waals surface area contributed by atoms with Crippen LogP contribution < -0.4 is 9.80 Å². The Kier molecular flexibility index (Phi) is 3.64. The minimum absolute atomic E-state index is 0.207. The summed E-state index contributed by atoms with van der Waals surface area (Å²) in [7, 11) is 0. The highest BCUT2D eigenvalue weighted by Crippen LogP contribution is 2.31. The first-order valence-electron chi connectivity index (χ1n) is 8.69. The summed E-state index contributed by atoms with van der Waals surface area (Å²) in [5.41, 5.74) is 0.0606. The lowest BCUT2D eigenvalue weighted by atomic mass is 10.2. The highest BCUT2D eigenvalue weighted by Gasteiger charge is 2.35. The highest BCUT2D eigenvalue weighted by atomic mass is 19.4. The molecule has 0 amide bonds. The van der Waals surface area contributed by atoms with Gasteiger partial charge in [-0.2, -0.15) is 13.2 Å². The summed E-state index contributed by atoms with van der Waals surface area (Å²) in [4.78, 5) is 23.8. The zero-order chi connectivity index (χ0) is 19.3. The number of hydrogen-bond acceptors (Lipinski definition) is 6. The minimum Gasteiger partial charge on any atom is -0.352 e. The Hall–Kier alpha value is -3.37. The Morgan fingerprint density at radius 3 is 2.46 bits per heavy atom. The van der Waals surface area contributed by atoms with Crippen LogP contribution in [-0.4, -0.2) is 55.5 Å². The molecule has 0 spiro atoms. The van der Waals surface area contributed by atoms with Crippen molar-refractivity contribution in [3.63, 3.8) is 0 Å². The fourth-order valence-corrected chi connectivity index (χ4v) is 3.51. The zero-order valence-electron chi connectivity index (χ0n) is 14.6. The second-order valence-corrected chi connectivity index (χ2v) is 6.52. The lowest BCUT2D eigenvalue weighted by Gasteiger charge is -2.36. The predicted molar refractivity (Wildman–Crippen MR) is 96.3 cm³/mol. The van der Waals surface area contributed by atoms with Gasteiger partial charge in [0.05, 0.1) is 5.39 Å². The van der Waals surface area contributed by atoms with Crippen molar-refractivity contribution in [2.45, 2.75) is 6.18 Å². The summed E-state index contributed by atoms with van der Waals surface area (Å²) in [6, 6.07) is 1.93. The number of nitrogens with zero attached hydrogens (tertiary/aromatic N) is 7. The maximum absolute atomic E-state index is 13.0. The Balaban J connectivity index is 1.41. The molecule has 0 atom stereocenters. The average Bonchev–Trinajstić information content (AvgIpc) is 3.34. The molecule has 0 radical (unpaired) electrons. The van der Waals surface area contributed by atoms with Crippen LogP contribution in [-0.2, 0) is 6.18 Å². The van der Waals surface area contributed by atoms with Crippen LogP contribution in [0.4, 0.5) is 24.8 Å². The lowest BCUT2D eigenvalue weighted by Crippen LogP contribution is -2.47. The van der Waals surface area contributed by atoms with Gasteiger partial charge in [-0.05, 0) is 6.07 Å². The van der Waals surface area contributed by atoms with Crippen molar-refractivity contribution in [1.29, 1.82) is 0 Å². The van der Waals surface area contributed by atoms with Crippen LogP contribution in [0.15, 0.2) is 37.2 Å². The van der Waals surface area contributed by atoms with Crippen molar-refractivity contribution < 1.29 is 13.2 Å². The van der Waals surface area contributed by atoms with Crippen LogP contribution in [0, 0.1) is 0 Å². The second kappa shape index (κ2) is 6.08. The first-order valence-corrected chi connectivity index (χ1v) is 8.69. The molecule has 0 aromatic carbocycles. The van der Waals surface area contributed by atoms with E-state index in [1.807, 2.05) is 17.2 Å². The molecule has 0 bridgehead atoms. The molecule has 4 aromatic rings. The molecule has 1 N–H and O–H groups in total. The third-order valence-corrected chi connectivity index (χ3v) is 4.86. The van der Waals surface area contributed by atoms with Gasteiger partial charge in [-0.25, -0.2) is 19.9 Å². The van der Waals surface area contributed by atoms with Crippen LogP contribution >= 0.6 is 0 Å². The molecular formula is C17H15F3N8. The fourth-order valence-electron chi connectivity index (χ4n) is 3.51. The van der Waals surface area contributed by atoms with E-state index < -0.39 is 11.9 Å². The molecule has 5 rings (SSSR count). The van der Waals surface area contributed by atoms with Gasteiger partial charge in [0.15, 0.2) is 17.2 Å². The summed E-state index contributed by atoms with van der Waals surface area (Å²) in [5, 5.41) is 0.944. The summed E-state index contributed by atoms with van der Waals surface area (Å²) < 4.78 is 40.4. The summed E-state index contributed by atoms with van der Waals surface area (Å²) >= 11 is 0. The SMILES string of the molecule is FC(F)(F)c1cn2ccnc(N3CCN(c4ncnc5[nH]ccc45)CC3)c2n1. The molecule has 1 aliphatic rings. The fraction of sp³-hybridized carbons (Fsp3) is 0.294. The molecule has 1 aliphatic heterocycles. The first kappa shape index (κ1) is 16.8. The maximum Gasteiger partial charge on any atom is 0.434 e. The molecule has 4 aromatic heterocycles. The number of hydrogen-bond donors (Lipinski definition) is 1. The van der Waals surface area contributed by atoms with Gasteiger partial charge in [-0.15, -0.1) is 0 Å². The number of anilines is 2. The van der Waals surface area contributed by atoms with E-state index in [9.17, 15) is 13.2 Å². The predicted octanol–water partition coefficient (Wildman–Crippen LogP) is 2.35. The van der Waals surface area contributed by atoms with Crippen LogP contribution in [0.5, 0.6) is 0 Å². The van der Waals surface area contributed by atoms with Gasteiger partial charge in [0.2, 0.25) is 0 Å². The van der Waals surface area contributed by atoms with Crippen LogP contribution in [0.1, 0.15) is 5.69 Å². The molecule has 5 heterocycles. The number of piperazine rings is 1. The van der Waals surface area contributed by atoms with E-state index in [1.165, 1.54) is 23.1 Å². The standard InChI is InChI=1S/C17H15F3N8/c18-17(19,20)12-9-28-4-3-22-15(16(28)25-12)27-7-5-26(6-8-27)14-11-1-2-21-13(11)23-10-24-14/h1-4,9-10H,5-8H2,(H,21,23,24). The van der Waals surface area contributed by atoms with Crippen molar-refractivity contribution in [3.05, 3.63) is 42.9 Å². The molecule has 0 saturated carbocycles. The van der Waals surface area contributed by atoms with E-state index >= 15 is 0 Å². The van der Waals surface area contributed by atoms with E-state index in [0.29, 0.717) is 32.0 Å². The molecule has 11 heteroatoms. The number of halogens is 3. The summed E-state index contributed by atoms with van der Waals surface area (Å²) in [6.45, 7) is 2.51. The van der Waals surface area contributed by atoms with Gasteiger partial charge in [0, 0.05) is 51.0 Å². The van der Waals surface area contributed by atoms with Gasteiger partial charge >= 0.3 is 6.18 Å². The van der Waals surface area contributed by atoms with Gasteiger partial charge in [0.1, 0.15) is 17.8 Å². The number of aromatic amines is 1. The van der Waals surface area contributed by atoms with Crippen molar-refractivity contribution in [1.82, 2.24) is 29.3 Å². The zero-order valence-corrected chi connectivity index (χ0v) is 14.6. The maximum atomic E-state index is 13.0. The topological polar surface area (TPSA) is 78.2 Å². The van der Waals surface area contributed by atoms with E-state index in [-0.39, 0.29) is 5.65 Å². The number of aromatic nitrogens is 6. The number of alkyl halides is 3. The smallest absolute Gasteiger partial charge is 0.352 e. The van der Waals surface area contributed by atoms with E-state index in [4.69, 9.17) is 0 Å².